The van der Waals surface area contributed by atoms with Gasteiger partial charge in [0.1, 0.15) is 0 Å². The number of aryl methyl sites for hydroxylation is 1. The van der Waals surface area contributed by atoms with Crippen molar-refractivity contribution in [2.75, 3.05) is 0 Å². The van der Waals surface area contributed by atoms with E-state index in [4.69, 9.17) is 5.11 Å². The first-order valence-corrected chi connectivity index (χ1v) is 6.68. The van der Waals surface area contributed by atoms with Gasteiger partial charge in [-0.2, -0.15) is 31.4 Å². The Kier molecular flexibility index (Phi) is 3.32. The Bertz CT molecular complexity index is 825. The van der Waals surface area contributed by atoms with Gasteiger partial charge in [0.2, 0.25) is 0 Å². The molecule has 1 N–H and O–H groups in total. The Balaban J connectivity index is 2.65. The van der Waals surface area contributed by atoms with Crippen LogP contribution in [0.25, 0.3) is 10.9 Å². The average Bonchev–Trinajstić information content (AvgIpc) is 2.66. The number of aromatic nitrogens is 2. The van der Waals surface area contributed by atoms with Crippen molar-refractivity contribution < 1.29 is 35.7 Å². The van der Waals surface area contributed by atoms with Crippen molar-refractivity contribution in [3.05, 3.63) is 23.9 Å². The highest BCUT2D eigenvalue weighted by Crippen LogP contribution is 2.33. The summed E-state index contributed by atoms with van der Waals surface area (Å²) in [5.74, 6) is -0.644. The van der Waals surface area contributed by atoms with Gasteiger partial charge in [0.25, 0.3) is 0 Å². The van der Waals surface area contributed by atoms with Crippen LogP contribution in [0.15, 0.2) is 18.2 Å². The molecule has 0 bridgehead atoms. The van der Waals surface area contributed by atoms with Gasteiger partial charge in [0.15, 0.2) is 5.75 Å². The third-order valence-electron chi connectivity index (χ3n) is 2.51. The van der Waals surface area contributed by atoms with Crippen LogP contribution in [0.5, 0.6) is 5.75 Å². The zero-order valence-corrected chi connectivity index (χ0v) is 11.1. The molecule has 0 atom stereocenters. The van der Waals surface area contributed by atoms with Crippen molar-refractivity contribution in [1.29, 1.82) is 0 Å². The number of benzene rings is 1. The van der Waals surface area contributed by atoms with Gasteiger partial charge >= 0.3 is 21.7 Å². The minimum atomic E-state index is -5.85. The highest BCUT2D eigenvalue weighted by Gasteiger charge is 2.48. The summed E-state index contributed by atoms with van der Waals surface area (Å²) in [6.07, 6.45) is -1.47. The normalized spacial score (nSPS) is 12.6. The molecule has 0 amide bonds. The number of carbonyl (C=O) groups is 1. The number of carboxylic acid groups (broad SMARTS) is 1. The largest absolute Gasteiger partial charge is 0.534 e. The Morgan fingerprint density at radius 3 is 2.52 bits per heavy atom. The van der Waals surface area contributed by atoms with E-state index in [1.54, 1.807) is 0 Å². The van der Waals surface area contributed by atoms with Crippen molar-refractivity contribution in [3.8, 4) is 5.75 Å². The monoisotopic (exact) mass is 324 g/mol. The fraction of sp³-hybridized carbons (Fsp3) is 0.200. The molecule has 11 heteroatoms. The first-order valence-electron chi connectivity index (χ1n) is 5.27. The molecule has 2 aromatic rings. The van der Waals surface area contributed by atoms with Gasteiger partial charge in [-0.15, -0.1) is 0 Å². The SMILES string of the molecule is Cc1nn(C(=O)O)c2cccc(OS(=O)(=O)C(F)(F)F)c12. The molecule has 0 aliphatic rings. The number of hydrogen-bond acceptors (Lipinski definition) is 5. The van der Waals surface area contributed by atoms with E-state index >= 15 is 0 Å². The second kappa shape index (κ2) is 4.62. The van der Waals surface area contributed by atoms with Crippen LogP contribution in [-0.4, -0.2) is 34.9 Å². The molecule has 0 radical (unpaired) electrons. The van der Waals surface area contributed by atoms with E-state index in [-0.39, 0.29) is 16.6 Å². The zero-order chi connectivity index (χ0) is 16.0. The molecule has 1 heterocycles. The smallest absolute Gasteiger partial charge is 0.463 e. The maximum Gasteiger partial charge on any atom is 0.534 e. The summed E-state index contributed by atoms with van der Waals surface area (Å²) < 4.78 is 63.6. The highest BCUT2D eigenvalue weighted by molar-refractivity contribution is 7.88. The molecule has 0 saturated carbocycles. The first-order chi connectivity index (χ1) is 9.54. The lowest BCUT2D eigenvalue weighted by atomic mass is 10.2. The lowest BCUT2D eigenvalue weighted by molar-refractivity contribution is -0.0499. The van der Waals surface area contributed by atoms with E-state index in [1.807, 2.05) is 0 Å². The van der Waals surface area contributed by atoms with Gasteiger partial charge in [-0.3, -0.25) is 0 Å². The highest BCUT2D eigenvalue weighted by atomic mass is 32.2. The van der Waals surface area contributed by atoms with Crippen LogP contribution in [0.3, 0.4) is 0 Å². The maximum atomic E-state index is 12.3. The molecular formula is C10H7F3N2O5S. The van der Waals surface area contributed by atoms with E-state index in [0.717, 1.165) is 12.1 Å². The van der Waals surface area contributed by atoms with Gasteiger partial charge in [-0.1, -0.05) is 6.07 Å². The van der Waals surface area contributed by atoms with Crippen LogP contribution in [-0.2, 0) is 10.1 Å². The second-order valence-corrected chi connectivity index (χ2v) is 5.45. The van der Waals surface area contributed by atoms with E-state index in [1.165, 1.54) is 13.0 Å². The summed E-state index contributed by atoms with van der Waals surface area (Å²) >= 11 is 0. The quantitative estimate of drug-likeness (QED) is 0.671. The molecule has 2 rings (SSSR count). The van der Waals surface area contributed by atoms with Crippen molar-refractivity contribution in [1.82, 2.24) is 9.78 Å². The topological polar surface area (TPSA) is 98.5 Å². The van der Waals surface area contributed by atoms with E-state index in [0.29, 0.717) is 4.68 Å². The van der Waals surface area contributed by atoms with Crippen molar-refractivity contribution >= 4 is 27.1 Å². The summed E-state index contributed by atoms with van der Waals surface area (Å²) in [6.45, 7) is 1.31. The number of hydrogen-bond donors (Lipinski definition) is 1. The molecular weight excluding hydrogens is 317 g/mol. The lowest BCUT2D eigenvalue weighted by Gasteiger charge is -2.10. The van der Waals surface area contributed by atoms with Crippen LogP contribution < -0.4 is 4.18 Å². The van der Waals surface area contributed by atoms with Crippen LogP contribution in [0, 0.1) is 6.92 Å². The molecule has 0 saturated heterocycles. The molecule has 1 aromatic carbocycles. The molecule has 0 aliphatic carbocycles. The molecule has 0 aliphatic heterocycles. The van der Waals surface area contributed by atoms with E-state index in [9.17, 15) is 26.4 Å². The summed E-state index contributed by atoms with van der Waals surface area (Å²) in [5, 5.41) is 12.4. The molecule has 0 fully saturated rings. The molecule has 0 spiro atoms. The fourth-order valence-electron chi connectivity index (χ4n) is 1.69. The number of nitrogens with zero attached hydrogens (tertiary/aromatic N) is 2. The van der Waals surface area contributed by atoms with Gasteiger partial charge in [0.05, 0.1) is 16.6 Å². The molecule has 1 aromatic heterocycles. The Labute approximate surface area is 115 Å². The van der Waals surface area contributed by atoms with Crippen molar-refractivity contribution in [2.24, 2.45) is 0 Å². The molecule has 0 unspecified atom stereocenters. The lowest BCUT2D eigenvalue weighted by Crippen LogP contribution is -2.28. The van der Waals surface area contributed by atoms with Gasteiger partial charge in [-0.05, 0) is 19.1 Å². The maximum absolute atomic E-state index is 12.3. The third-order valence-corrected chi connectivity index (χ3v) is 3.47. The number of alkyl halides is 3. The molecule has 21 heavy (non-hydrogen) atoms. The Morgan fingerprint density at radius 2 is 2.00 bits per heavy atom. The van der Waals surface area contributed by atoms with Crippen LogP contribution in [0.4, 0.5) is 18.0 Å². The van der Waals surface area contributed by atoms with Crippen molar-refractivity contribution in [2.45, 2.75) is 12.4 Å². The predicted octanol–water partition coefficient (Wildman–Crippen LogP) is 2.10. The molecule has 7 nitrogen and oxygen atoms in total. The van der Waals surface area contributed by atoms with Gasteiger partial charge in [0, 0.05) is 0 Å². The van der Waals surface area contributed by atoms with Crippen LogP contribution in [0.1, 0.15) is 5.69 Å². The fourth-order valence-corrected chi connectivity index (χ4v) is 2.16. The zero-order valence-electron chi connectivity index (χ0n) is 10.2. The minimum Gasteiger partial charge on any atom is -0.463 e. The van der Waals surface area contributed by atoms with Crippen LogP contribution >= 0.6 is 0 Å². The summed E-state index contributed by atoms with van der Waals surface area (Å²) in [5.41, 5.74) is -5.67. The second-order valence-electron chi connectivity index (χ2n) is 3.91. The summed E-state index contributed by atoms with van der Waals surface area (Å²) in [7, 11) is -5.85. The standard InChI is InChI=1S/C10H7F3N2O5S/c1-5-8-6(15(14-5)9(16)17)3-2-4-7(8)20-21(18,19)10(11,12)13/h2-4H,1H3,(H,16,17). The molecule has 114 valence electrons. The Morgan fingerprint density at radius 1 is 1.38 bits per heavy atom. The average molecular weight is 324 g/mol. The van der Waals surface area contributed by atoms with E-state index < -0.39 is 27.5 Å². The third kappa shape index (κ3) is 2.51. The number of halogens is 3. The first kappa shape index (κ1) is 15.1. The predicted molar refractivity (Wildman–Crippen MR) is 63.5 cm³/mol. The van der Waals surface area contributed by atoms with Crippen molar-refractivity contribution in [3.63, 3.8) is 0 Å². The van der Waals surface area contributed by atoms with Gasteiger partial charge < -0.3 is 9.29 Å². The minimum absolute atomic E-state index is 0.0142. The Hall–Kier alpha value is -2.30. The van der Waals surface area contributed by atoms with Crippen LogP contribution in [0.2, 0.25) is 0 Å². The number of rotatable bonds is 2. The summed E-state index contributed by atoms with van der Waals surface area (Å²) in [4.78, 5) is 10.9. The van der Waals surface area contributed by atoms with E-state index in [2.05, 4.69) is 9.28 Å². The van der Waals surface area contributed by atoms with Gasteiger partial charge in [-0.25, -0.2) is 4.79 Å². The number of fused-ring (bicyclic) bond motifs is 1. The summed E-state index contributed by atoms with van der Waals surface area (Å²) in [6, 6.07) is 3.40.